The molecule has 2 saturated heterocycles. The highest BCUT2D eigenvalue weighted by atomic mass is 32.1. The van der Waals surface area contributed by atoms with Crippen molar-refractivity contribution < 1.29 is 9.53 Å². The summed E-state index contributed by atoms with van der Waals surface area (Å²) < 4.78 is 7.90. The summed E-state index contributed by atoms with van der Waals surface area (Å²) in [7, 11) is 0. The lowest BCUT2D eigenvalue weighted by Gasteiger charge is -2.41. The van der Waals surface area contributed by atoms with Crippen molar-refractivity contribution >= 4 is 17.2 Å². The average molecular weight is 375 g/mol. The highest BCUT2D eigenvalue weighted by molar-refractivity contribution is 7.11. The first-order valence-corrected chi connectivity index (χ1v) is 10.3. The Morgan fingerprint density at radius 2 is 1.85 bits per heavy atom. The van der Waals surface area contributed by atoms with Gasteiger partial charge in [0, 0.05) is 56.2 Å². The van der Waals surface area contributed by atoms with Gasteiger partial charge in [0.05, 0.1) is 0 Å². The summed E-state index contributed by atoms with van der Waals surface area (Å²) >= 11 is 1.56. The van der Waals surface area contributed by atoms with E-state index < -0.39 is 0 Å². The molecule has 0 saturated carbocycles. The molecular weight excluding hydrogens is 348 g/mol. The third-order valence-electron chi connectivity index (χ3n) is 5.47. The van der Waals surface area contributed by atoms with E-state index in [0.29, 0.717) is 18.7 Å². The number of carbonyl (C=O) groups excluding carboxylic acids is 1. The first-order valence-electron chi connectivity index (χ1n) is 9.46. The molecule has 0 aromatic carbocycles. The Kier molecular flexibility index (Phi) is 5.55. The van der Waals surface area contributed by atoms with Crippen molar-refractivity contribution in [2.45, 2.75) is 44.4 Å². The van der Waals surface area contributed by atoms with Crippen molar-refractivity contribution in [3.63, 3.8) is 0 Å². The monoisotopic (exact) mass is 374 g/mol. The maximum Gasteiger partial charge on any atom is 0.273 e. The summed E-state index contributed by atoms with van der Waals surface area (Å²) in [6.45, 7) is 4.37. The molecule has 0 unspecified atom stereocenters. The molecule has 0 N–H and O–H groups in total. The van der Waals surface area contributed by atoms with E-state index in [9.17, 15) is 4.79 Å². The van der Waals surface area contributed by atoms with Gasteiger partial charge in [-0.15, -0.1) is 0 Å². The van der Waals surface area contributed by atoms with E-state index in [1.165, 1.54) is 0 Å². The SMILES string of the molecule is O=C(Cn1cccc1)N1CCC(N2CCC(Oc3nccs3)CC2)CC1. The maximum absolute atomic E-state index is 12.4. The van der Waals surface area contributed by atoms with E-state index in [1.54, 1.807) is 17.5 Å². The van der Waals surface area contributed by atoms with E-state index in [4.69, 9.17) is 4.74 Å². The molecule has 4 rings (SSSR count). The van der Waals surface area contributed by atoms with Crippen molar-refractivity contribution in [1.82, 2.24) is 19.4 Å². The van der Waals surface area contributed by atoms with Crippen LogP contribution in [0.1, 0.15) is 25.7 Å². The number of rotatable bonds is 5. The third kappa shape index (κ3) is 4.27. The summed E-state index contributed by atoms with van der Waals surface area (Å²) in [6.07, 6.45) is 10.3. The molecule has 2 aliphatic heterocycles. The Morgan fingerprint density at radius 1 is 1.12 bits per heavy atom. The Morgan fingerprint density at radius 3 is 2.50 bits per heavy atom. The van der Waals surface area contributed by atoms with Gasteiger partial charge in [-0.25, -0.2) is 4.98 Å². The number of amides is 1. The molecule has 140 valence electrons. The highest BCUT2D eigenvalue weighted by Crippen LogP contribution is 2.24. The highest BCUT2D eigenvalue weighted by Gasteiger charge is 2.30. The van der Waals surface area contributed by atoms with Crippen molar-refractivity contribution in [2.75, 3.05) is 26.2 Å². The van der Waals surface area contributed by atoms with Gasteiger partial charge in [0.25, 0.3) is 5.19 Å². The van der Waals surface area contributed by atoms with Crippen LogP contribution in [0.2, 0.25) is 0 Å². The fourth-order valence-corrected chi connectivity index (χ4v) is 4.53. The van der Waals surface area contributed by atoms with Crippen molar-refractivity contribution in [3.8, 4) is 5.19 Å². The fourth-order valence-electron chi connectivity index (χ4n) is 3.98. The van der Waals surface area contributed by atoms with Gasteiger partial charge in [-0.1, -0.05) is 11.3 Å². The van der Waals surface area contributed by atoms with Crippen LogP contribution in [0.5, 0.6) is 5.19 Å². The third-order valence-corrected chi connectivity index (χ3v) is 6.13. The molecule has 0 bridgehead atoms. The summed E-state index contributed by atoms with van der Waals surface area (Å²) in [4.78, 5) is 21.2. The van der Waals surface area contributed by atoms with E-state index in [1.807, 2.05) is 39.4 Å². The van der Waals surface area contributed by atoms with Gasteiger partial charge < -0.3 is 14.2 Å². The number of hydrogen-bond donors (Lipinski definition) is 0. The predicted octanol–water partition coefficient (Wildman–Crippen LogP) is 2.48. The number of carbonyl (C=O) groups is 1. The average Bonchev–Trinajstić information content (AvgIpc) is 3.37. The number of likely N-dealkylation sites (tertiary alicyclic amines) is 2. The Bertz CT molecular complexity index is 672. The van der Waals surface area contributed by atoms with Crippen molar-refractivity contribution in [3.05, 3.63) is 36.1 Å². The van der Waals surface area contributed by atoms with E-state index in [-0.39, 0.29) is 5.91 Å². The van der Waals surface area contributed by atoms with Crippen LogP contribution in [0.3, 0.4) is 0 Å². The lowest BCUT2D eigenvalue weighted by atomic mass is 9.99. The summed E-state index contributed by atoms with van der Waals surface area (Å²) in [5.74, 6) is 0.232. The smallest absolute Gasteiger partial charge is 0.273 e. The van der Waals surface area contributed by atoms with Crippen LogP contribution < -0.4 is 4.74 Å². The molecule has 2 aromatic rings. The van der Waals surface area contributed by atoms with Crippen molar-refractivity contribution in [2.24, 2.45) is 0 Å². The van der Waals surface area contributed by atoms with Gasteiger partial charge in [-0.05, 0) is 37.8 Å². The Balaban J connectivity index is 1.20. The lowest BCUT2D eigenvalue weighted by Crippen LogP contribution is -2.50. The summed E-state index contributed by atoms with van der Waals surface area (Å²) in [5, 5.41) is 2.74. The minimum absolute atomic E-state index is 0.232. The van der Waals surface area contributed by atoms with Crippen LogP contribution in [0.15, 0.2) is 36.1 Å². The number of piperidine rings is 2. The van der Waals surface area contributed by atoms with E-state index in [2.05, 4.69) is 9.88 Å². The minimum atomic E-state index is 0.232. The van der Waals surface area contributed by atoms with Crippen LogP contribution in [0.4, 0.5) is 0 Å². The number of ether oxygens (including phenoxy) is 1. The molecule has 0 aliphatic carbocycles. The van der Waals surface area contributed by atoms with Gasteiger partial charge in [-0.2, -0.15) is 0 Å². The normalized spacial score (nSPS) is 20.4. The topological polar surface area (TPSA) is 50.6 Å². The zero-order valence-corrected chi connectivity index (χ0v) is 15.8. The number of aromatic nitrogens is 2. The molecule has 0 atom stereocenters. The quantitative estimate of drug-likeness (QED) is 0.807. The largest absolute Gasteiger partial charge is 0.467 e. The Hall–Kier alpha value is -1.86. The zero-order chi connectivity index (χ0) is 17.8. The van der Waals surface area contributed by atoms with Crippen LogP contribution in [-0.4, -0.2) is 63.6 Å². The molecule has 2 fully saturated rings. The van der Waals surface area contributed by atoms with Crippen LogP contribution in [-0.2, 0) is 11.3 Å². The molecule has 7 heteroatoms. The zero-order valence-electron chi connectivity index (χ0n) is 15.0. The minimum Gasteiger partial charge on any atom is -0.467 e. The second kappa shape index (κ2) is 8.22. The molecule has 26 heavy (non-hydrogen) atoms. The van der Waals surface area contributed by atoms with Crippen LogP contribution in [0.25, 0.3) is 0 Å². The second-order valence-corrected chi connectivity index (χ2v) is 7.98. The van der Waals surface area contributed by atoms with Crippen LogP contribution in [0, 0.1) is 0 Å². The standard InChI is InChI=1S/C19H26N4O2S/c24-18(15-21-8-1-2-9-21)23-10-3-16(4-11-23)22-12-5-17(6-13-22)25-19-20-7-14-26-19/h1-2,7-9,14,16-17H,3-6,10-13,15H2. The lowest BCUT2D eigenvalue weighted by molar-refractivity contribution is -0.133. The first kappa shape index (κ1) is 17.5. The van der Waals surface area contributed by atoms with E-state index >= 15 is 0 Å². The summed E-state index contributed by atoms with van der Waals surface area (Å²) in [5.41, 5.74) is 0. The first-order chi connectivity index (χ1) is 12.8. The molecule has 1 amide bonds. The number of hydrogen-bond acceptors (Lipinski definition) is 5. The van der Waals surface area contributed by atoms with Crippen LogP contribution >= 0.6 is 11.3 Å². The molecule has 2 aromatic heterocycles. The molecule has 4 heterocycles. The van der Waals surface area contributed by atoms with Gasteiger partial charge in [-0.3, -0.25) is 9.69 Å². The van der Waals surface area contributed by atoms with Gasteiger partial charge in [0.15, 0.2) is 0 Å². The number of nitrogens with zero attached hydrogens (tertiary/aromatic N) is 4. The van der Waals surface area contributed by atoms with Gasteiger partial charge in [0.1, 0.15) is 12.6 Å². The number of thiazole rings is 1. The predicted molar refractivity (Wildman–Crippen MR) is 101 cm³/mol. The van der Waals surface area contributed by atoms with E-state index in [0.717, 1.165) is 57.1 Å². The van der Waals surface area contributed by atoms with Crippen molar-refractivity contribution in [1.29, 1.82) is 0 Å². The molecule has 2 aliphatic rings. The molecule has 0 radical (unpaired) electrons. The van der Waals surface area contributed by atoms with Gasteiger partial charge >= 0.3 is 0 Å². The summed E-state index contributed by atoms with van der Waals surface area (Å²) in [6, 6.07) is 4.52. The second-order valence-electron chi connectivity index (χ2n) is 7.12. The molecule has 0 spiro atoms. The fraction of sp³-hybridized carbons (Fsp3) is 0.579. The maximum atomic E-state index is 12.4. The Labute approximate surface area is 158 Å². The molecule has 6 nitrogen and oxygen atoms in total. The van der Waals surface area contributed by atoms with Gasteiger partial charge in [0.2, 0.25) is 5.91 Å². The molecular formula is C19H26N4O2S.